The number of halogens is 2. The molecule has 2 N–H and O–H groups in total. The minimum atomic E-state index is -0.216. The number of nitrogens with zero attached hydrogens (tertiary/aromatic N) is 2. The average molecular weight is 550 g/mol. The van der Waals surface area contributed by atoms with Crippen molar-refractivity contribution in [3.8, 4) is 5.75 Å². The van der Waals surface area contributed by atoms with Crippen LogP contribution in [0.25, 0.3) is 0 Å². The minimum absolute atomic E-state index is 0.0209. The van der Waals surface area contributed by atoms with Gasteiger partial charge in [-0.25, -0.2) is 4.99 Å². The van der Waals surface area contributed by atoms with E-state index in [0.29, 0.717) is 28.7 Å². The van der Waals surface area contributed by atoms with Crippen LogP contribution in [0.5, 0.6) is 5.75 Å². The second-order valence-electron chi connectivity index (χ2n) is 9.26. The van der Waals surface area contributed by atoms with E-state index in [1.165, 1.54) is 20.1 Å². The molecule has 0 aliphatic heterocycles. The first-order chi connectivity index (χ1) is 17.5. The van der Waals surface area contributed by atoms with Crippen LogP contribution < -0.4 is 20.3 Å². The Morgan fingerprint density at radius 1 is 1.16 bits per heavy atom. The number of amides is 2. The number of hydrogen-bond acceptors (Lipinski definition) is 5. The predicted molar refractivity (Wildman–Crippen MR) is 154 cm³/mol. The first-order valence-corrected chi connectivity index (χ1v) is 13.2. The average Bonchev–Trinajstić information content (AvgIpc) is 2.86. The van der Waals surface area contributed by atoms with Gasteiger partial charge in [0.2, 0.25) is 11.8 Å². The quantitative estimate of drug-likeness (QED) is 0.262. The first-order valence-electron chi connectivity index (χ1n) is 12.5. The van der Waals surface area contributed by atoms with Gasteiger partial charge in [-0.3, -0.25) is 9.59 Å². The molecule has 1 aromatic rings. The molecular formula is C28H38Cl2N4O3. The summed E-state index contributed by atoms with van der Waals surface area (Å²) in [7, 11) is 1.53. The Labute approximate surface area is 230 Å². The number of aliphatic imine (C=N–C) groups is 1. The fourth-order valence-electron chi connectivity index (χ4n) is 4.26. The highest BCUT2D eigenvalue weighted by atomic mass is 35.5. The molecule has 0 unspecified atom stereocenters. The van der Waals surface area contributed by atoms with Crippen molar-refractivity contribution in [2.45, 2.75) is 71.9 Å². The molecule has 1 fully saturated rings. The standard InChI is InChI=1S/C28H38Cl2N4O3/c1-8-20-14-24(37-7)27(30)28(26(20)29)34(19(6)35)16-21(17(3)4)15-31-18(5)32-22-12-10-11-13-23(22)33-25(36)9-2/h9,14-15,22-23,32H,2,5,8,10-13,16H2,1,3-4,6-7H3,(H,33,36)/b31-15-/t22-,23+/m1/s1. The Kier molecular flexibility index (Phi) is 11.7. The smallest absolute Gasteiger partial charge is 0.243 e. The van der Waals surface area contributed by atoms with Crippen molar-refractivity contribution in [1.82, 2.24) is 10.6 Å². The summed E-state index contributed by atoms with van der Waals surface area (Å²) in [5.74, 6) is 0.527. The summed E-state index contributed by atoms with van der Waals surface area (Å²) in [4.78, 5) is 30.7. The van der Waals surface area contributed by atoms with Crippen molar-refractivity contribution in [1.29, 1.82) is 0 Å². The Balaban J connectivity index is 2.28. The van der Waals surface area contributed by atoms with E-state index in [1.54, 1.807) is 17.2 Å². The van der Waals surface area contributed by atoms with E-state index in [2.05, 4.69) is 28.8 Å². The largest absolute Gasteiger partial charge is 0.495 e. The molecule has 1 aromatic carbocycles. The molecule has 9 heteroatoms. The van der Waals surface area contributed by atoms with Crippen LogP contribution in [0.2, 0.25) is 10.0 Å². The third-order valence-electron chi connectivity index (χ3n) is 6.45. The maximum atomic E-state index is 12.8. The summed E-state index contributed by atoms with van der Waals surface area (Å²) in [6.45, 7) is 15.1. The van der Waals surface area contributed by atoms with Gasteiger partial charge in [-0.1, -0.05) is 61.7 Å². The number of anilines is 1. The summed E-state index contributed by atoms with van der Waals surface area (Å²) < 4.78 is 5.44. The van der Waals surface area contributed by atoms with E-state index in [9.17, 15) is 9.59 Å². The fraction of sp³-hybridized carbons (Fsp3) is 0.464. The highest BCUT2D eigenvalue weighted by Gasteiger charge is 2.27. The van der Waals surface area contributed by atoms with Gasteiger partial charge in [0.1, 0.15) is 16.6 Å². The van der Waals surface area contributed by atoms with Crippen molar-refractivity contribution in [3.05, 3.63) is 57.9 Å². The minimum Gasteiger partial charge on any atom is -0.495 e. The lowest BCUT2D eigenvalue weighted by Crippen LogP contribution is -2.50. The number of rotatable bonds is 11. The second-order valence-corrected chi connectivity index (χ2v) is 10.0. The number of ether oxygens (including phenoxy) is 1. The zero-order chi connectivity index (χ0) is 27.7. The molecule has 2 rings (SSSR count). The van der Waals surface area contributed by atoms with Gasteiger partial charge in [-0.15, -0.1) is 0 Å². The molecule has 0 heterocycles. The molecule has 1 aliphatic carbocycles. The Morgan fingerprint density at radius 3 is 2.30 bits per heavy atom. The number of allylic oxidation sites excluding steroid dienone is 1. The van der Waals surface area contributed by atoms with Gasteiger partial charge < -0.3 is 20.3 Å². The summed E-state index contributed by atoms with van der Waals surface area (Å²) in [6.07, 6.45) is 7.52. The fourth-order valence-corrected chi connectivity index (χ4v) is 5.03. The van der Waals surface area contributed by atoms with Crippen LogP contribution in [-0.4, -0.2) is 43.8 Å². The van der Waals surface area contributed by atoms with Gasteiger partial charge in [-0.2, -0.15) is 0 Å². The highest BCUT2D eigenvalue weighted by Crippen LogP contribution is 2.43. The number of benzene rings is 1. The van der Waals surface area contributed by atoms with Crippen LogP contribution in [0, 0.1) is 0 Å². The Morgan fingerprint density at radius 2 is 1.78 bits per heavy atom. The molecule has 2 atom stereocenters. The summed E-state index contributed by atoms with van der Waals surface area (Å²) in [5, 5.41) is 7.04. The lowest BCUT2D eigenvalue weighted by molar-refractivity contribution is -0.118. The maximum Gasteiger partial charge on any atom is 0.243 e. The second kappa shape index (κ2) is 14.2. The third kappa shape index (κ3) is 8.11. The maximum absolute atomic E-state index is 12.8. The first kappa shape index (κ1) is 30.5. The molecular weight excluding hydrogens is 511 g/mol. The molecule has 2 amide bonds. The van der Waals surface area contributed by atoms with Gasteiger partial charge in [0.05, 0.1) is 24.4 Å². The normalized spacial score (nSPS) is 17.2. The van der Waals surface area contributed by atoms with Crippen molar-refractivity contribution >= 4 is 46.9 Å². The summed E-state index contributed by atoms with van der Waals surface area (Å²) in [5.41, 5.74) is 3.03. The number of hydrogen-bond donors (Lipinski definition) is 2. The Bertz CT molecular complexity index is 1070. The Hall–Kier alpha value is -2.77. The van der Waals surface area contributed by atoms with Gasteiger partial charge in [0.15, 0.2) is 0 Å². The van der Waals surface area contributed by atoms with Crippen LogP contribution in [0.4, 0.5) is 5.69 Å². The van der Waals surface area contributed by atoms with Crippen molar-refractivity contribution in [3.63, 3.8) is 0 Å². The third-order valence-corrected chi connectivity index (χ3v) is 7.24. The molecule has 202 valence electrons. The topological polar surface area (TPSA) is 83.0 Å². The number of methoxy groups -OCH3 is 1. The zero-order valence-electron chi connectivity index (χ0n) is 22.4. The van der Waals surface area contributed by atoms with Crippen molar-refractivity contribution < 1.29 is 14.3 Å². The number of carbonyl (C=O) groups excluding carboxylic acids is 2. The van der Waals surface area contributed by atoms with Gasteiger partial charge >= 0.3 is 0 Å². The summed E-state index contributed by atoms with van der Waals surface area (Å²) >= 11 is 13.3. The van der Waals surface area contributed by atoms with Gasteiger partial charge in [0.25, 0.3) is 0 Å². The molecule has 7 nitrogen and oxygen atoms in total. The molecule has 0 bridgehead atoms. The van der Waals surface area contributed by atoms with Crippen molar-refractivity contribution in [2.24, 2.45) is 4.99 Å². The number of aryl methyl sites for hydroxylation is 1. The molecule has 0 saturated heterocycles. The van der Waals surface area contributed by atoms with Crippen LogP contribution in [0.3, 0.4) is 0 Å². The monoisotopic (exact) mass is 548 g/mol. The van der Waals surface area contributed by atoms with Crippen LogP contribution in [0.15, 0.2) is 47.3 Å². The van der Waals surface area contributed by atoms with E-state index in [4.69, 9.17) is 27.9 Å². The predicted octanol–water partition coefficient (Wildman–Crippen LogP) is 6.00. The van der Waals surface area contributed by atoms with Crippen LogP contribution >= 0.6 is 23.2 Å². The highest BCUT2D eigenvalue weighted by molar-refractivity contribution is 6.41. The van der Waals surface area contributed by atoms with Gasteiger partial charge in [-0.05, 0) is 56.4 Å². The van der Waals surface area contributed by atoms with E-state index in [0.717, 1.165) is 42.4 Å². The van der Waals surface area contributed by atoms with Crippen molar-refractivity contribution in [2.75, 3.05) is 18.6 Å². The van der Waals surface area contributed by atoms with E-state index in [1.807, 2.05) is 20.8 Å². The zero-order valence-corrected chi connectivity index (χ0v) is 23.9. The number of nitrogens with one attached hydrogen (secondary N) is 2. The number of carbonyl (C=O) groups is 2. The lowest BCUT2D eigenvalue weighted by atomic mass is 9.90. The lowest BCUT2D eigenvalue weighted by Gasteiger charge is -2.33. The molecule has 0 radical (unpaired) electrons. The molecule has 0 aromatic heterocycles. The molecule has 1 aliphatic rings. The molecule has 0 spiro atoms. The SMILES string of the molecule is C=CC(=O)N[C@H]1CCCC[C@H]1NC(=C)/N=C\C(CN(C(C)=O)c1c(Cl)c(CC)cc(OC)c1Cl)=C(C)C. The van der Waals surface area contributed by atoms with Crippen LogP contribution in [0.1, 0.15) is 58.9 Å². The summed E-state index contributed by atoms with van der Waals surface area (Å²) in [6, 6.07) is 1.79. The molecule has 1 saturated carbocycles. The van der Waals surface area contributed by atoms with Gasteiger partial charge in [0, 0.05) is 25.2 Å². The molecule has 37 heavy (non-hydrogen) atoms. The van der Waals surface area contributed by atoms with E-state index < -0.39 is 0 Å². The van der Waals surface area contributed by atoms with E-state index in [-0.39, 0.29) is 35.5 Å². The van der Waals surface area contributed by atoms with Crippen LogP contribution in [-0.2, 0) is 16.0 Å². The van der Waals surface area contributed by atoms with E-state index >= 15 is 0 Å².